The van der Waals surface area contributed by atoms with Gasteiger partial charge in [0.25, 0.3) is 0 Å². The average Bonchev–Trinajstić information content (AvgIpc) is 2.49. The van der Waals surface area contributed by atoms with Gasteiger partial charge < -0.3 is 10.1 Å². The van der Waals surface area contributed by atoms with E-state index in [0.29, 0.717) is 5.69 Å². The molecule has 124 valence electrons. The third-order valence-corrected chi connectivity index (χ3v) is 4.53. The van der Waals surface area contributed by atoms with Crippen LogP contribution < -0.4 is 10.1 Å². The Morgan fingerprint density at radius 1 is 1.09 bits per heavy atom. The zero-order valence-electron chi connectivity index (χ0n) is 12.9. The maximum Gasteiger partial charge on any atom is 0.179 e. The molecule has 2 aromatic rings. The highest BCUT2D eigenvalue weighted by Gasteiger charge is 2.16. The van der Waals surface area contributed by atoms with Gasteiger partial charge in [0.15, 0.2) is 21.5 Å². The van der Waals surface area contributed by atoms with Crippen LogP contribution in [0.15, 0.2) is 41.3 Å². The maximum atomic E-state index is 13.2. The standard InChI is InChI=1S/C16H17F2NO3S/c1-10(19-12-5-6-13(17)14(18)9-12)11-4-7-16(23(3,20)21)15(8-11)22-2/h4-10,19H,1-3H3. The molecule has 0 spiro atoms. The molecule has 0 saturated heterocycles. The number of methoxy groups -OCH3 is 1. The van der Waals surface area contributed by atoms with Crippen LogP contribution >= 0.6 is 0 Å². The Bertz CT molecular complexity index is 822. The first-order valence-corrected chi connectivity index (χ1v) is 8.71. The van der Waals surface area contributed by atoms with Gasteiger partial charge >= 0.3 is 0 Å². The summed E-state index contributed by atoms with van der Waals surface area (Å²) in [6.45, 7) is 1.82. The van der Waals surface area contributed by atoms with E-state index in [1.165, 1.54) is 19.2 Å². The predicted molar refractivity (Wildman–Crippen MR) is 84.5 cm³/mol. The molecule has 0 heterocycles. The number of hydrogen-bond acceptors (Lipinski definition) is 4. The van der Waals surface area contributed by atoms with E-state index < -0.39 is 21.5 Å². The van der Waals surface area contributed by atoms with Gasteiger partial charge in [-0.3, -0.25) is 0 Å². The van der Waals surface area contributed by atoms with Crippen molar-refractivity contribution in [3.63, 3.8) is 0 Å². The van der Waals surface area contributed by atoms with Gasteiger partial charge in [0.2, 0.25) is 0 Å². The Hall–Kier alpha value is -2.15. The van der Waals surface area contributed by atoms with E-state index in [2.05, 4.69) is 5.32 Å². The molecule has 0 aliphatic heterocycles. The van der Waals surface area contributed by atoms with Crippen LogP contribution in [0.25, 0.3) is 0 Å². The van der Waals surface area contributed by atoms with Crippen LogP contribution in [-0.2, 0) is 9.84 Å². The lowest BCUT2D eigenvalue weighted by Crippen LogP contribution is -2.08. The number of ether oxygens (including phenoxy) is 1. The van der Waals surface area contributed by atoms with Crippen molar-refractivity contribution < 1.29 is 21.9 Å². The molecular formula is C16H17F2NO3S. The van der Waals surface area contributed by atoms with Crippen molar-refractivity contribution in [2.24, 2.45) is 0 Å². The molecule has 4 nitrogen and oxygen atoms in total. The first kappa shape index (κ1) is 17.2. The van der Waals surface area contributed by atoms with E-state index in [1.807, 2.05) is 6.92 Å². The molecular weight excluding hydrogens is 324 g/mol. The highest BCUT2D eigenvalue weighted by atomic mass is 32.2. The first-order valence-electron chi connectivity index (χ1n) is 6.82. The molecule has 0 saturated carbocycles. The smallest absolute Gasteiger partial charge is 0.179 e. The van der Waals surface area contributed by atoms with Crippen LogP contribution in [0.3, 0.4) is 0 Å². The Morgan fingerprint density at radius 2 is 1.78 bits per heavy atom. The fourth-order valence-corrected chi connectivity index (χ4v) is 3.00. The molecule has 1 N–H and O–H groups in total. The van der Waals surface area contributed by atoms with Crippen LogP contribution in [0.2, 0.25) is 0 Å². The van der Waals surface area contributed by atoms with Crippen molar-refractivity contribution in [1.29, 1.82) is 0 Å². The number of sulfone groups is 1. The van der Waals surface area contributed by atoms with Gasteiger partial charge in [-0.15, -0.1) is 0 Å². The third kappa shape index (κ3) is 3.98. The maximum absolute atomic E-state index is 13.2. The van der Waals surface area contributed by atoms with E-state index in [1.54, 1.807) is 12.1 Å². The van der Waals surface area contributed by atoms with Crippen LogP contribution in [-0.4, -0.2) is 21.8 Å². The number of anilines is 1. The zero-order valence-corrected chi connectivity index (χ0v) is 13.7. The van der Waals surface area contributed by atoms with Crippen LogP contribution in [0.4, 0.5) is 14.5 Å². The van der Waals surface area contributed by atoms with E-state index in [-0.39, 0.29) is 16.7 Å². The number of rotatable bonds is 5. The van der Waals surface area contributed by atoms with Crippen LogP contribution in [0.5, 0.6) is 5.75 Å². The van der Waals surface area contributed by atoms with Crippen LogP contribution in [0.1, 0.15) is 18.5 Å². The topological polar surface area (TPSA) is 55.4 Å². The van der Waals surface area contributed by atoms with Crippen LogP contribution in [0, 0.1) is 11.6 Å². The van der Waals surface area contributed by atoms with Gasteiger partial charge in [0.1, 0.15) is 10.6 Å². The normalized spacial score (nSPS) is 12.7. The largest absolute Gasteiger partial charge is 0.495 e. The molecule has 23 heavy (non-hydrogen) atoms. The number of halogens is 2. The van der Waals surface area contributed by atoms with Crippen molar-refractivity contribution >= 4 is 15.5 Å². The lowest BCUT2D eigenvalue weighted by molar-refractivity contribution is 0.402. The molecule has 2 aromatic carbocycles. The highest BCUT2D eigenvalue weighted by molar-refractivity contribution is 7.90. The molecule has 0 bridgehead atoms. The van der Waals surface area contributed by atoms with Crippen molar-refractivity contribution in [3.8, 4) is 5.75 Å². The van der Waals surface area contributed by atoms with E-state index in [4.69, 9.17) is 4.74 Å². The van der Waals surface area contributed by atoms with Crippen molar-refractivity contribution in [3.05, 3.63) is 53.6 Å². The summed E-state index contributed by atoms with van der Waals surface area (Å²) >= 11 is 0. The van der Waals surface area contributed by atoms with Gasteiger partial charge in [0.05, 0.1) is 7.11 Å². The summed E-state index contributed by atoms with van der Waals surface area (Å²) in [5.41, 5.74) is 1.17. The second kappa shape index (κ2) is 6.54. The molecule has 7 heteroatoms. The Kier molecular flexibility index (Phi) is 4.89. The minimum atomic E-state index is -3.39. The molecule has 0 aliphatic carbocycles. The lowest BCUT2D eigenvalue weighted by Gasteiger charge is -2.17. The van der Waals surface area contributed by atoms with Crippen molar-refractivity contribution in [2.45, 2.75) is 17.9 Å². The number of nitrogens with one attached hydrogen (secondary N) is 1. The minimum Gasteiger partial charge on any atom is -0.495 e. The molecule has 1 atom stereocenters. The SMILES string of the molecule is COc1cc(C(C)Nc2ccc(F)c(F)c2)ccc1S(C)(=O)=O. The van der Waals surface area contributed by atoms with Gasteiger partial charge in [-0.25, -0.2) is 17.2 Å². The fourth-order valence-electron chi connectivity index (χ4n) is 2.18. The van der Waals surface area contributed by atoms with Gasteiger partial charge in [-0.05, 0) is 36.8 Å². The molecule has 0 aliphatic rings. The van der Waals surface area contributed by atoms with Gasteiger partial charge in [-0.2, -0.15) is 0 Å². The summed E-state index contributed by atoms with van der Waals surface area (Å²) in [5, 5.41) is 3.02. The molecule has 0 aromatic heterocycles. The number of hydrogen-bond donors (Lipinski definition) is 1. The van der Waals surface area contributed by atoms with Gasteiger partial charge in [0, 0.05) is 24.1 Å². The quantitative estimate of drug-likeness (QED) is 0.904. The summed E-state index contributed by atoms with van der Waals surface area (Å²) in [6.07, 6.45) is 1.10. The van der Waals surface area contributed by atoms with E-state index >= 15 is 0 Å². The molecule has 1 unspecified atom stereocenters. The summed E-state index contributed by atoms with van der Waals surface area (Å²) in [7, 11) is -2.00. The summed E-state index contributed by atoms with van der Waals surface area (Å²) in [6, 6.07) is 7.99. The van der Waals surface area contributed by atoms with E-state index in [9.17, 15) is 17.2 Å². The summed E-state index contributed by atoms with van der Waals surface area (Å²) in [4.78, 5) is 0.101. The van der Waals surface area contributed by atoms with Crippen molar-refractivity contribution in [2.75, 3.05) is 18.7 Å². The lowest BCUT2D eigenvalue weighted by atomic mass is 10.1. The fraction of sp³-hybridized carbons (Fsp3) is 0.250. The summed E-state index contributed by atoms with van der Waals surface area (Å²) in [5.74, 6) is -1.61. The zero-order chi connectivity index (χ0) is 17.2. The highest BCUT2D eigenvalue weighted by Crippen LogP contribution is 2.29. The molecule has 0 fully saturated rings. The molecule has 0 radical (unpaired) electrons. The third-order valence-electron chi connectivity index (χ3n) is 3.39. The Labute approximate surface area is 134 Å². The second-order valence-electron chi connectivity index (χ2n) is 5.18. The van der Waals surface area contributed by atoms with E-state index in [0.717, 1.165) is 24.0 Å². The monoisotopic (exact) mass is 341 g/mol. The summed E-state index contributed by atoms with van der Waals surface area (Å²) < 4.78 is 54.7. The molecule has 0 amide bonds. The molecule has 2 rings (SSSR count). The van der Waals surface area contributed by atoms with Gasteiger partial charge in [-0.1, -0.05) is 6.07 Å². The Morgan fingerprint density at radius 3 is 2.35 bits per heavy atom. The minimum absolute atomic E-state index is 0.101. The average molecular weight is 341 g/mol. The number of benzene rings is 2. The first-order chi connectivity index (χ1) is 10.7. The predicted octanol–water partition coefficient (Wildman–Crippen LogP) is 3.55. The Balaban J connectivity index is 2.29. The van der Waals surface area contributed by atoms with Crippen molar-refractivity contribution in [1.82, 2.24) is 0 Å². The second-order valence-corrected chi connectivity index (χ2v) is 7.16.